The highest BCUT2D eigenvalue weighted by Crippen LogP contribution is 2.05. The topological polar surface area (TPSA) is 95.5 Å². The first-order valence-electron chi connectivity index (χ1n) is 6.81. The van der Waals surface area contributed by atoms with Gasteiger partial charge in [0.2, 0.25) is 0 Å². The van der Waals surface area contributed by atoms with Gasteiger partial charge in [0.1, 0.15) is 0 Å². The molecule has 1 rings (SSSR count). The fraction of sp³-hybridized carbons (Fsp3) is 0.400. The summed E-state index contributed by atoms with van der Waals surface area (Å²) in [6.45, 7) is 4.05. The SMILES string of the molecule is CC(C)NC(=O)c1ccc(C(=O)NCCCC(=O)O)cc1. The third-order valence-electron chi connectivity index (χ3n) is 2.68. The molecule has 0 aliphatic carbocycles. The zero-order valence-electron chi connectivity index (χ0n) is 12.2. The van der Waals surface area contributed by atoms with Crippen LogP contribution in [0.3, 0.4) is 0 Å². The summed E-state index contributed by atoms with van der Waals surface area (Å²) in [5.74, 6) is -1.35. The molecule has 0 radical (unpaired) electrons. The maximum absolute atomic E-state index is 11.8. The van der Waals surface area contributed by atoms with Gasteiger partial charge in [-0.25, -0.2) is 0 Å². The maximum Gasteiger partial charge on any atom is 0.303 e. The van der Waals surface area contributed by atoms with E-state index in [1.165, 1.54) is 0 Å². The van der Waals surface area contributed by atoms with E-state index in [4.69, 9.17) is 5.11 Å². The Morgan fingerprint density at radius 3 is 2.05 bits per heavy atom. The maximum atomic E-state index is 11.8. The number of rotatable bonds is 7. The molecule has 1 aromatic rings. The first-order valence-corrected chi connectivity index (χ1v) is 6.81. The molecule has 0 aromatic heterocycles. The summed E-state index contributed by atoms with van der Waals surface area (Å²) in [4.78, 5) is 33.9. The fourth-order valence-corrected chi connectivity index (χ4v) is 1.66. The second-order valence-electron chi connectivity index (χ2n) is 4.96. The summed E-state index contributed by atoms with van der Waals surface area (Å²) >= 11 is 0. The van der Waals surface area contributed by atoms with Gasteiger partial charge in [0, 0.05) is 30.1 Å². The van der Waals surface area contributed by atoms with Gasteiger partial charge in [0.25, 0.3) is 11.8 Å². The van der Waals surface area contributed by atoms with E-state index in [0.717, 1.165) is 0 Å². The van der Waals surface area contributed by atoms with Gasteiger partial charge in [-0.05, 0) is 44.5 Å². The van der Waals surface area contributed by atoms with E-state index in [2.05, 4.69) is 10.6 Å². The summed E-state index contributed by atoms with van der Waals surface area (Å²) in [7, 11) is 0. The lowest BCUT2D eigenvalue weighted by Crippen LogP contribution is -2.30. The summed E-state index contributed by atoms with van der Waals surface area (Å²) in [6, 6.07) is 6.37. The van der Waals surface area contributed by atoms with Crippen molar-refractivity contribution >= 4 is 17.8 Å². The normalized spacial score (nSPS) is 10.2. The van der Waals surface area contributed by atoms with Crippen molar-refractivity contribution in [3.63, 3.8) is 0 Å². The van der Waals surface area contributed by atoms with Gasteiger partial charge in [0.15, 0.2) is 0 Å². The standard InChI is InChI=1S/C15H20N2O4/c1-10(2)17-15(21)12-7-5-11(6-8-12)14(20)16-9-3-4-13(18)19/h5-8,10H,3-4,9H2,1-2H3,(H,16,20)(H,17,21)(H,18,19). The van der Waals surface area contributed by atoms with Crippen LogP contribution in [0.2, 0.25) is 0 Å². The summed E-state index contributed by atoms with van der Waals surface area (Å²) in [5.41, 5.74) is 0.928. The Bertz CT molecular complexity index is 509. The van der Waals surface area contributed by atoms with Crippen molar-refractivity contribution in [2.45, 2.75) is 32.7 Å². The number of carboxylic acids is 1. The molecular formula is C15H20N2O4. The molecule has 21 heavy (non-hydrogen) atoms. The van der Waals surface area contributed by atoms with Crippen LogP contribution in [0.1, 0.15) is 47.4 Å². The molecule has 0 heterocycles. The summed E-state index contributed by atoms with van der Waals surface area (Å²) in [5, 5.41) is 13.9. The largest absolute Gasteiger partial charge is 0.481 e. The third-order valence-corrected chi connectivity index (χ3v) is 2.68. The lowest BCUT2D eigenvalue weighted by Gasteiger charge is -2.09. The molecule has 0 aliphatic heterocycles. The lowest BCUT2D eigenvalue weighted by molar-refractivity contribution is -0.137. The average molecular weight is 292 g/mol. The van der Waals surface area contributed by atoms with E-state index in [0.29, 0.717) is 24.1 Å². The van der Waals surface area contributed by atoms with Crippen molar-refractivity contribution in [1.82, 2.24) is 10.6 Å². The minimum absolute atomic E-state index is 0.0224. The minimum atomic E-state index is -0.884. The van der Waals surface area contributed by atoms with Gasteiger partial charge in [-0.2, -0.15) is 0 Å². The van der Waals surface area contributed by atoms with E-state index in [1.807, 2.05) is 13.8 Å². The third kappa shape index (κ3) is 6.07. The Morgan fingerprint density at radius 2 is 1.57 bits per heavy atom. The number of carbonyl (C=O) groups is 3. The number of nitrogens with one attached hydrogen (secondary N) is 2. The van der Waals surface area contributed by atoms with Gasteiger partial charge in [-0.1, -0.05) is 0 Å². The molecule has 0 aliphatic rings. The molecule has 1 aromatic carbocycles. The van der Waals surface area contributed by atoms with Gasteiger partial charge < -0.3 is 15.7 Å². The Hall–Kier alpha value is -2.37. The number of aliphatic carboxylic acids is 1. The molecule has 3 N–H and O–H groups in total. The smallest absolute Gasteiger partial charge is 0.303 e. The van der Waals surface area contributed by atoms with Gasteiger partial charge in [0.05, 0.1) is 0 Å². The van der Waals surface area contributed by atoms with Crippen LogP contribution in [-0.2, 0) is 4.79 Å². The highest BCUT2D eigenvalue weighted by atomic mass is 16.4. The quantitative estimate of drug-likeness (QED) is 0.662. The molecule has 6 nitrogen and oxygen atoms in total. The summed E-state index contributed by atoms with van der Waals surface area (Å²) < 4.78 is 0. The van der Waals surface area contributed by atoms with Crippen LogP contribution in [-0.4, -0.2) is 35.5 Å². The Kier molecular flexibility index (Phi) is 6.39. The highest BCUT2D eigenvalue weighted by Gasteiger charge is 2.09. The minimum Gasteiger partial charge on any atom is -0.481 e. The van der Waals surface area contributed by atoms with E-state index in [-0.39, 0.29) is 24.3 Å². The second kappa shape index (κ2) is 8.04. The van der Waals surface area contributed by atoms with Crippen LogP contribution < -0.4 is 10.6 Å². The van der Waals surface area contributed by atoms with Crippen LogP contribution in [0, 0.1) is 0 Å². The van der Waals surface area contributed by atoms with Crippen LogP contribution in [0.4, 0.5) is 0 Å². The molecule has 0 saturated heterocycles. The number of amides is 2. The highest BCUT2D eigenvalue weighted by molar-refractivity contribution is 5.97. The van der Waals surface area contributed by atoms with E-state index < -0.39 is 5.97 Å². The predicted octanol–water partition coefficient (Wildman–Crippen LogP) is 1.42. The van der Waals surface area contributed by atoms with Crippen LogP contribution in [0.25, 0.3) is 0 Å². The fourth-order valence-electron chi connectivity index (χ4n) is 1.66. The van der Waals surface area contributed by atoms with Gasteiger partial charge >= 0.3 is 5.97 Å². The Labute approximate surface area is 123 Å². The van der Waals surface area contributed by atoms with Crippen molar-refractivity contribution < 1.29 is 19.5 Å². The molecule has 6 heteroatoms. The van der Waals surface area contributed by atoms with Gasteiger partial charge in [-0.15, -0.1) is 0 Å². The van der Waals surface area contributed by atoms with Crippen LogP contribution in [0.15, 0.2) is 24.3 Å². The van der Waals surface area contributed by atoms with Crippen LogP contribution >= 0.6 is 0 Å². The zero-order valence-corrected chi connectivity index (χ0v) is 12.2. The Balaban J connectivity index is 2.51. The monoisotopic (exact) mass is 292 g/mol. The van der Waals surface area contributed by atoms with Crippen molar-refractivity contribution in [2.24, 2.45) is 0 Å². The van der Waals surface area contributed by atoms with Crippen molar-refractivity contribution in [3.8, 4) is 0 Å². The van der Waals surface area contributed by atoms with Gasteiger partial charge in [-0.3, -0.25) is 14.4 Å². The number of carbonyl (C=O) groups excluding carboxylic acids is 2. The average Bonchev–Trinajstić information content (AvgIpc) is 2.42. The molecule has 2 amide bonds. The zero-order chi connectivity index (χ0) is 15.8. The molecule has 114 valence electrons. The number of benzene rings is 1. The van der Waals surface area contributed by atoms with E-state index in [9.17, 15) is 14.4 Å². The molecular weight excluding hydrogens is 272 g/mol. The summed E-state index contributed by atoms with van der Waals surface area (Å²) in [6.07, 6.45) is 0.407. The van der Waals surface area contributed by atoms with Crippen molar-refractivity contribution in [3.05, 3.63) is 35.4 Å². The predicted molar refractivity (Wildman–Crippen MR) is 78.2 cm³/mol. The van der Waals surface area contributed by atoms with E-state index in [1.54, 1.807) is 24.3 Å². The molecule has 0 unspecified atom stereocenters. The molecule has 0 fully saturated rings. The Morgan fingerprint density at radius 1 is 1.05 bits per heavy atom. The molecule has 0 saturated carbocycles. The number of carboxylic acid groups (broad SMARTS) is 1. The van der Waals surface area contributed by atoms with E-state index >= 15 is 0 Å². The lowest BCUT2D eigenvalue weighted by atomic mass is 10.1. The first-order chi connectivity index (χ1) is 9.90. The number of hydrogen-bond donors (Lipinski definition) is 3. The molecule has 0 spiro atoms. The molecule has 0 bridgehead atoms. The van der Waals surface area contributed by atoms with Crippen molar-refractivity contribution in [1.29, 1.82) is 0 Å². The second-order valence-corrected chi connectivity index (χ2v) is 4.96. The number of hydrogen-bond acceptors (Lipinski definition) is 3. The molecule has 0 atom stereocenters. The first kappa shape index (κ1) is 16.7. The van der Waals surface area contributed by atoms with Crippen molar-refractivity contribution in [2.75, 3.05) is 6.54 Å². The van der Waals surface area contributed by atoms with Crippen LogP contribution in [0.5, 0.6) is 0 Å².